The first kappa shape index (κ1) is 20.6. The number of aryl methyl sites for hydroxylation is 1. The van der Waals surface area contributed by atoms with Crippen molar-refractivity contribution in [3.63, 3.8) is 0 Å². The van der Waals surface area contributed by atoms with Crippen LogP contribution < -0.4 is 9.73 Å². The predicted octanol–water partition coefficient (Wildman–Crippen LogP) is 3.50. The van der Waals surface area contributed by atoms with Crippen molar-refractivity contribution in [2.24, 2.45) is 5.92 Å². The fraction of sp³-hybridized carbons (Fsp3) is 0.429. The lowest BCUT2D eigenvalue weighted by molar-refractivity contribution is -0.00702. The molecule has 1 fully saturated rings. The smallest absolute Gasteiger partial charge is 0.261 e. The molecule has 3 rings (SSSR count). The van der Waals surface area contributed by atoms with E-state index in [1.54, 1.807) is 43.5 Å². The Hall–Kier alpha value is -2.09. The Morgan fingerprint density at radius 1 is 1.18 bits per heavy atom. The number of rotatable bonds is 6. The Morgan fingerprint density at radius 2 is 1.89 bits per heavy atom. The molecule has 7 heteroatoms. The third kappa shape index (κ3) is 4.48. The molecule has 1 saturated heterocycles. The van der Waals surface area contributed by atoms with Crippen molar-refractivity contribution in [2.45, 2.75) is 31.3 Å². The summed E-state index contributed by atoms with van der Waals surface area (Å²) in [6, 6.07) is 14.0. The molecule has 2 aromatic rings. The van der Waals surface area contributed by atoms with Gasteiger partial charge in [0.05, 0.1) is 22.4 Å². The third-order valence-corrected chi connectivity index (χ3v) is 6.86. The molecule has 0 bridgehead atoms. The minimum absolute atomic E-state index is 0.191. The van der Waals surface area contributed by atoms with Gasteiger partial charge in [-0.25, -0.2) is 13.4 Å². The molecule has 0 aliphatic carbocycles. The Labute approximate surface area is 168 Å². The molecule has 1 aliphatic heterocycles. The summed E-state index contributed by atoms with van der Waals surface area (Å²) in [5.41, 5.74) is 2.60. The molecule has 2 atom stereocenters. The molecule has 1 heterocycles. The second-order valence-corrected chi connectivity index (χ2v) is 9.08. The summed E-state index contributed by atoms with van der Waals surface area (Å²) in [5.74, 6) is 0.528. The first-order chi connectivity index (χ1) is 13.3. The van der Waals surface area contributed by atoms with Crippen molar-refractivity contribution in [3.8, 4) is 0 Å². The second kappa shape index (κ2) is 8.51. The monoisotopic (exact) mass is 403 g/mol. The van der Waals surface area contributed by atoms with Gasteiger partial charge in [0.1, 0.15) is 0 Å². The van der Waals surface area contributed by atoms with Crippen LogP contribution in [0.1, 0.15) is 18.9 Å². The normalized spacial score (nSPS) is 20.7. The van der Waals surface area contributed by atoms with E-state index in [0.29, 0.717) is 11.6 Å². The van der Waals surface area contributed by atoms with E-state index in [1.807, 2.05) is 26.1 Å². The SMILES string of the molecule is COC1CN(N(C)c2cc(NS(=O)(=O)c3ccccc3)ccc2C)CCC1C. The lowest BCUT2D eigenvalue weighted by Crippen LogP contribution is -2.51. The van der Waals surface area contributed by atoms with Gasteiger partial charge in [0, 0.05) is 27.2 Å². The Morgan fingerprint density at radius 3 is 2.57 bits per heavy atom. The molecule has 2 unspecified atom stereocenters. The highest BCUT2D eigenvalue weighted by molar-refractivity contribution is 7.92. The fourth-order valence-corrected chi connectivity index (χ4v) is 4.65. The van der Waals surface area contributed by atoms with Crippen LogP contribution in [0.4, 0.5) is 11.4 Å². The summed E-state index contributed by atoms with van der Waals surface area (Å²) < 4.78 is 33.6. The average Bonchev–Trinajstić information content (AvgIpc) is 2.70. The zero-order valence-corrected chi connectivity index (χ0v) is 17.7. The second-order valence-electron chi connectivity index (χ2n) is 7.40. The number of nitrogens with zero attached hydrogens (tertiary/aromatic N) is 2. The van der Waals surface area contributed by atoms with Crippen molar-refractivity contribution in [3.05, 3.63) is 54.1 Å². The molecule has 0 aromatic heterocycles. The summed E-state index contributed by atoms with van der Waals surface area (Å²) in [6.45, 7) is 6.00. The highest BCUT2D eigenvalue weighted by Gasteiger charge is 2.28. The quantitative estimate of drug-likeness (QED) is 0.800. The number of hydrogen-bond acceptors (Lipinski definition) is 5. The van der Waals surface area contributed by atoms with Crippen LogP contribution >= 0.6 is 0 Å². The van der Waals surface area contributed by atoms with E-state index in [1.165, 1.54) is 0 Å². The van der Waals surface area contributed by atoms with Gasteiger partial charge in [-0.15, -0.1) is 0 Å². The fourth-order valence-electron chi connectivity index (χ4n) is 3.58. The molecular weight excluding hydrogens is 374 g/mol. The van der Waals surface area contributed by atoms with Gasteiger partial charge in [0.15, 0.2) is 0 Å². The van der Waals surface area contributed by atoms with Crippen LogP contribution in [-0.2, 0) is 14.8 Å². The number of methoxy groups -OCH3 is 1. The van der Waals surface area contributed by atoms with Gasteiger partial charge in [-0.3, -0.25) is 4.72 Å². The number of hydrazine groups is 1. The number of ether oxygens (including phenoxy) is 1. The van der Waals surface area contributed by atoms with Gasteiger partial charge in [-0.1, -0.05) is 31.2 Å². The standard InChI is InChI=1S/C21H29N3O3S/c1-16-10-11-18(22-28(25,26)19-8-6-5-7-9-19)14-20(16)23(3)24-13-12-17(2)21(15-24)27-4/h5-11,14,17,21-22H,12-13,15H2,1-4H3. The largest absolute Gasteiger partial charge is 0.380 e. The van der Waals surface area contributed by atoms with Gasteiger partial charge in [-0.2, -0.15) is 0 Å². The Balaban J connectivity index is 1.82. The molecule has 28 heavy (non-hydrogen) atoms. The van der Waals surface area contributed by atoms with E-state index in [0.717, 1.165) is 30.8 Å². The number of nitrogens with one attached hydrogen (secondary N) is 1. The van der Waals surface area contributed by atoms with Gasteiger partial charge in [-0.05, 0) is 49.1 Å². The zero-order chi connectivity index (χ0) is 20.3. The molecule has 0 saturated carbocycles. The molecular formula is C21H29N3O3S. The van der Waals surface area contributed by atoms with Crippen LogP contribution in [0.15, 0.2) is 53.4 Å². The van der Waals surface area contributed by atoms with Crippen LogP contribution in [-0.4, -0.2) is 46.8 Å². The molecule has 0 spiro atoms. The topological polar surface area (TPSA) is 61.9 Å². The summed E-state index contributed by atoms with van der Waals surface area (Å²) in [4.78, 5) is 0.249. The zero-order valence-electron chi connectivity index (χ0n) is 16.9. The van der Waals surface area contributed by atoms with E-state index in [2.05, 4.69) is 21.7 Å². The van der Waals surface area contributed by atoms with Crippen LogP contribution in [0.25, 0.3) is 0 Å². The maximum absolute atomic E-state index is 12.6. The van der Waals surface area contributed by atoms with Gasteiger partial charge in [0.25, 0.3) is 10.0 Å². The lowest BCUT2D eigenvalue weighted by Gasteiger charge is -2.42. The molecule has 1 aliphatic rings. The van der Waals surface area contributed by atoms with Crippen molar-refractivity contribution >= 4 is 21.4 Å². The number of sulfonamides is 1. The molecule has 0 radical (unpaired) electrons. The maximum atomic E-state index is 12.6. The summed E-state index contributed by atoms with van der Waals surface area (Å²) in [6.07, 6.45) is 1.25. The highest BCUT2D eigenvalue weighted by atomic mass is 32.2. The van der Waals surface area contributed by atoms with Crippen LogP contribution in [0.3, 0.4) is 0 Å². The minimum atomic E-state index is -3.62. The summed E-state index contributed by atoms with van der Waals surface area (Å²) in [5, 5.41) is 4.36. The Bertz CT molecular complexity index is 902. The molecule has 0 amide bonds. The highest BCUT2D eigenvalue weighted by Crippen LogP contribution is 2.29. The van der Waals surface area contributed by atoms with E-state index in [4.69, 9.17) is 4.74 Å². The maximum Gasteiger partial charge on any atom is 0.261 e. The Kier molecular flexibility index (Phi) is 6.27. The van der Waals surface area contributed by atoms with Crippen LogP contribution in [0.5, 0.6) is 0 Å². The third-order valence-electron chi connectivity index (χ3n) is 5.46. The van der Waals surface area contributed by atoms with Crippen molar-refractivity contribution in [2.75, 3.05) is 37.0 Å². The van der Waals surface area contributed by atoms with Crippen molar-refractivity contribution in [1.29, 1.82) is 0 Å². The van der Waals surface area contributed by atoms with Gasteiger partial charge >= 0.3 is 0 Å². The number of benzene rings is 2. The first-order valence-electron chi connectivity index (χ1n) is 9.51. The van der Waals surface area contributed by atoms with Crippen molar-refractivity contribution in [1.82, 2.24) is 5.01 Å². The minimum Gasteiger partial charge on any atom is -0.380 e. The number of hydrogen-bond donors (Lipinski definition) is 1. The van der Waals surface area contributed by atoms with Gasteiger partial charge < -0.3 is 9.75 Å². The molecule has 1 N–H and O–H groups in total. The lowest BCUT2D eigenvalue weighted by atomic mass is 9.97. The van der Waals surface area contributed by atoms with Gasteiger partial charge in [0.2, 0.25) is 0 Å². The number of piperidine rings is 1. The summed E-state index contributed by atoms with van der Waals surface area (Å²) in [7, 11) is 0.158. The molecule has 6 nitrogen and oxygen atoms in total. The first-order valence-corrected chi connectivity index (χ1v) is 11.0. The number of anilines is 2. The summed E-state index contributed by atoms with van der Waals surface area (Å²) >= 11 is 0. The predicted molar refractivity (Wildman–Crippen MR) is 113 cm³/mol. The van der Waals surface area contributed by atoms with Crippen LogP contribution in [0.2, 0.25) is 0 Å². The van der Waals surface area contributed by atoms with E-state index >= 15 is 0 Å². The van der Waals surface area contributed by atoms with E-state index in [-0.39, 0.29) is 11.0 Å². The molecule has 152 valence electrons. The average molecular weight is 404 g/mol. The molecule has 2 aromatic carbocycles. The van der Waals surface area contributed by atoms with Crippen molar-refractivity contribution < 1.29 is 13.2 Å². The van der Waals surface area contributed by atoms with Crippen LogP contribution in [0, 0.1) is 12.8 Å². The van der Waals surface area contributed by atoms with E-state index in [9.17, 15) is 8.42 Å². The van der Waals surface area contributed by atoms with E-state index < -0.39 is 10.0 Å².